The lowest BCUT2D eigenvalue weighted by Gasteiger charge is -2.07. The molecule has 0 aliphatic carbocycles. The van der Waals surface area contributed by atoms with Crippen molar-refractivity contribution < 1.29 is 4.74 Å². The molecule has 18 heavy (non-hydrogen) atoms. The number of aromatic nitrogens is 1. The van der Waals surface area contributed by atoms with Gasteiger partial charge in [-0.05, 0) is 23.8 Å². The molecule has 0 saturated heterocycles. The summed E-state index contributed by atoms with van der Waals surface area (Å²) in [6, 6.07) is 11.4. The molecule has 3 nitrogen and oxygen atoms in total. The van der Waals surface area contributed by atoms with Gasteiger partial charge in [0.2, 0.25) is 5.88 Å². The first kappa shape index (κ1) is 13.3. The summed E-state index contributed by atoms with van der Waals surface area (Å²) in [7, 11) is 0. The van der Waals surface area contributed by atoms with E-state index in [1.807, 2.05) is 24.3 Å². The molecular formula is C13H12BrClN2O. The topological polar surface area (TPSA) is 48.1 Å². The van der Waals surface area contributed by atoms with Crippen LogP contribution in [0.3, 0.4) is 0 Å². The molecule has 1 heterocycles. The summed E-state index contributed by atoms with van der Waals surface area (Å²) in [6.45, 7) is 0.764. The van der Waals surface area contributed by atoms with Crippen LogP contribution in [0.5, 0.6) is 5.88 Å². The zero-order chi connectivity index (χ0) is 13.0. The lowest BCUT2D eigenvalue weighted by atomic mass is 10.2. The summed E-state index contributed by atoms with van der Waals surface area (Å²) in [6.07, 6.45) is 0. The Morgan fingerprint density at radius 1 is 1.17 bits per heavy atom. The van der Waals surface area contributed by atoms with Crippen molar-refractivity contribution in [3.63, 3.8) is 0 Å². The van der Waals surface area contributed by atoms with E-state index in [-0.39, 0.29) is 0 Å². The molecule has 0 aliphatic heterocycles. The number of ether oxygens (including phenoxy) is 1. The molecule has 2 aromatic rings. The van der Waals surface area contributed by atoms with Gasteiger partial charge in [-0.3, -0.25) is 0 Å². The van der Waals surface area contributed by atoms with Crippen LogP contribution in [0.25, 0.3) is 0 Å². The van der Waals surface area contributed by atoms with Gasteiger partial charge in [0.1, 0.15) is 6.61 Å². The lowest BCUT2D eigenvalue weighted by Crippen LogP contribution is -2.03. The molecule has 0 fully saturated rings. The minimum Gasteiger partial charge on any atom is -0.473 e. The van der Waals surface area contributed by atoms with E-state index in [4.69, 9.17) is 22.1 Å². The summed E-state index contributed by atoms with van der Waals surface area (Å²) >= 11 is 9.31. The first-order valence-electron chi connectivity index (χ1n) is 5.42. The van der Waals surface area contributed by atoms with Crippen molar-refractivity contribution >= 4 is 27.5 Å². The van der Waals surface area contributed by atoms with Gasteiger partial charge < -0.3 is 10.5 Å². The van der Waals surface area contributed by atoms with Gasteiger partial charge in [0.15, 0.2) is 0 Å². The molecule has 1 aromatic heterocycles. The Bertz CT molecular complexity index is 531. The minimum atomic E-state index is 0.300. The summed E-state index contributed by atoms with van der Waals surface area (Å²) in [5.41, 5.74) is 7.25. The molecule has 2 N–H and O–H groups in total. The molecular weight excluding hydrogens is 316 g/mol. The highest BCUT2D eigenvalue weighted by atomic mass is 79.9. The first-order valence-corrected chi connectivity index (χ1v) is 6.59. The third-order valence-electron chi connectivity index (χ3n) is 2.39. The molecule has 0 atom stereocenters. The van der Waals surface area contributed by atoms with E-state index < -0.39 is 0 Å². The van der Waals surface area contributed by atoms with Crippen LogP contribution in [0.1, 0.15) is 11.3 Å². The van der Waals surface area contributed by atoms with Crippen molar-refractivity contribution in [3.05, 3.63) is 57.2 Å². The molecule has 0 aliphatic rings. The minimum absolute atomic E-state index is 0.300. The Morgan fingerprint density at radius 2 is 1.89 bits per heavy atom. The summed E-state index contributed by atoms with van der Waals surface area (Å²) in [5.74, 6) is 0.530. The monoisotopic (exact) mass is 326 g/mol. The van der Waals surface area contributed by atoms with Crippen LogP contribution in [0.2, 0.25) is 5.02 Å². The van der Waals surface area contributed by atoms with Crippen LogP contribution in [-0.2, 0) is 13.2 Å². The van der Waals surface area contributed by atoms with Gasteiger partial charge >= 0.3 is 0 Å². The van der Waals surface area contributed by atoms with Gasteiger partial charge in [0, 0.05) is 17.1 Å². The summed E-state index contributed by atoms with van der Waals surface area (Å²) in [4.78, 5) is 4.23. The van der Waals surface area contributed by atoms with Crippen LogP contribution in [0, 0.1) is 0 Å². The number of hydrogen-bond acceptors (Lipinski definition) is 3. The number of halogens is 2. The second kappa shape index (κ2) is 6.18. The third-order valence-corrected chi connectivity index (χ3v) is 3.26. The maximum absolute atomic E-state index is 5.93. The number of pyridine rings is 1. The zero-order valence-corrected chi connectivity index (χ0v) is 11.9. The molecule has 0 amide bonds. The van der Waals surface area contributed by atoms with Crippen molar-refractivity contribution in [1.29, 1.82) is 0 Å². The van der Waals surface area contributed by atoms with Crippen molar-refractivity contribution in [2.75, 3.05) is 0 Å². The molecule has 2 rings (SSSR count). The van der Waals surface area contributed by atoms with E-state index in [0.717, 1.165) is 10.0 Å². The number of nitrogens with two attached hydrogens (primary N) is 1. The third kappa shape index (κ3) is 3.45. The average Bonchev–Trinajstić information content (AvgIpc) is 2.39. The molecule has 0 unspecified atom stereocenters. The van der Waals surface area contributed by atoms with Crippen LogP contribution < -0.4 is 10.5 Å². The fraction of sp³-hybridized carbons (Fsp3) is 0.154. The van der Waals surface area contributed by atoms with Gasteiger partial charge in [0.05, 0.1) is 10.7 Å². The van der Waals surface area contributed by atoms with Crippen LogP contribution in [-0.4, -0.2) is 4.98 Å². The number of hydrogen-bond donors (Lipinski definition) is 1. The summed E-state index contributed by atoms with van der Waals surface area (Å²) < 4.78 is 6.63. The van der Waals surface area contributed by atoms with Crippen molar-refractivity contribution in [3.8, 4) is 5.88 Å². The number of nitrogens with zero attached hydrogens (tertiary/aromatic N) is 1. The average molecular weight is 328 g/mol. The van der Waals surface area contributed by atoms with E-state index in [1.54, 1.807) is 12.1 Å². The normalized spacial score (nSPS) is 10.4. The predicted octanol–water partition coefficient (Wildman–Crippen LogP) is 3.54. The number of benzene rings is 1. The molecule has 0 bridgehead atoms. The van der Waals surface area contributed by atoms with Crippen molar-refractivity contribution in [2.45, 2.75) is 13.2 Å². The Morgan fingerprint density at radius 3 is 2.56 bits per heavy atom. The SMILES string of the molecule is NCc1nc(OCc2ccc(Br)cc2)ccc1Cl. The predicted molar refractivity (Wildman–Crippen MR) is 75.6 cm³/mol. The number of rotatable bonds is 4. The van der Waals surface area contributed by atoms with Crippen LogP contribution in [0.4, 0.5) is 0 Å². The van der Waals surface area contributed by atoms with Gasteiger partial charge in [-0.1, -0.05) is 39.7 Å². The van der Waals surface area contributed by atoms with Crippen LogP contribution in [0.15, 0.2) is 40.9 Å². The van der Waals surface area contributed by atoms with Gasteiger partial charge in [-0.15, -0.1) is 0 Å². The quantitative estimate of drug-likeness (QED) is 0.934. The Balaban J connectivity index is 2.04. The van der Waals surface area contributed by atoms with E-state index in [0.29, 0.717) is 29.7 Å². The van der Waals surface area contributed by atoms with Gasteiger partial charge in [-0.25, -0.2) is 4.98 Å². The smallest absolute Gasteiger partial charge is 0.213 e. The second-order valence-electron chi connectivity index (χ2n) is 3.70. The van der Waals surface area contributed by atoms with E-state index in [9.17, 15) is 0 Å². The molecule has 0 radical (unpaired) electrons. The Labute approximate surface area is 119 Å². The molecule has 5 heteroatoms. The van der Waals surface area contributed by atoms with Gasteiger partial charge in [-0.2, -0.15) is 0 Å². The lowest BCUT2D eigenvalue weighted by molar-refractivity contribution is 0.293. The largest absolute Gasteiger partial charge is 0.473 e. The van der Waals surface area contributed by atoms with Crippen LogP contribution >= 0.6 is 27.5 Å². The van der Waals surface area contributed by atoms with Crippen molar-refractivity contribution in [2.24, 2.45) is 5.73 Å². The standard InChI is InChI=1S/C13H12BrClN2O/c14-10-3-1-9(2-4-10)8-18-13-6-5-11(15)12(7-16)17-13/h1-6H,7-8,16H2. The van der Waals surface area contributed by atoms with E-state index in [1.165, 1.54) is 0 Å². The maximum Gasteiger partial charge on any atom is 0.213 e. The fourth-order valence-electron chi connectivity index (χ4n) is 1.43. The zero-order valence-electron chi connectivity index (χ0n) is 9.57. The first-order chi connectivity index (χ1) is 8.69. The second-order valence-corrected chi connectivity index (χ2v) is 5.02. The van der Waals surface area contributed by atoms with E-state index >= 15 is 0 Å². The highest BCUT2D eigenvalue weighted by molar-refractivity contribution is 9.10. The fourth-order valence-corrected chi connectivity index (χ4v) is 1.87. The summed E-state index contributed by atoms with van der Waals surface area (Å²) in [5, 5.41) is 0.563. The maximum atomic E-state index is 5.93. The molecule has 94 valence electrons. The molecule has 0 saturated carbocycles. The molecule has 0 spiro atoms. The highest BCUT2D eigenvalue weighted by Crippen LogP contribution is 2.18. The Kier molecular flexibility index (Phi) is 4.58. The molecule has 1 aromatic carbocycles. The van der Waals surface area contributed by atoms with Crippen molar-refractivity contribution in [1.82, 2.24) is 4.98 Å². The van der Waals surface area contributed by atoms with Gasteiger partial charge in [0.25, 0.3) is 0 Å². The van der Waals surface area contributed by atoms with E-state index in [2.05, 4.69) is 20.9 Å². The Hall–Kier alpha value is -1.10. The highest BCUT2D eigenvalue weighted by Gasteiger charge is 2.03.